The maximum atomic E-state index is 13.6. The Kier molecular flexibility index (Phi) is 5.11. The van der Waals surface area contributed by atoms with Crippen LogP contribution in [0.1, 0.15) is 34.6 Å². The third kappa shape index (κ3) is 3.14. The van der Waals surface area contributed by atoms with Gasteiger partial charge < -0.3 is 13.9 Å². The van der Waals surface area contributed by atoms with Gasteiger partial charge in [-0.1, -0.05) is 17.7 Å². The molecule has 32 heavy (non-hydrogen) atoms. The number of rotatable bonds is 5. The predicted octanol–water partition coefficient (Wildman–Crippen LogP) is 5.06. The van der Waals surface area contributed by atoms with E-state index in [1.165, 1.54) is 23.3 Å². The summed E-state index contributed by atoms with van der Waals surface area (Å²) in [5.41, 5.74) is 0.900. The molecule has 7 nitrogen and oxygen atoms in total. The monoisotopic (exact) mass is 468 g/mol. The van der Waals surface area contributed by atoms with Crippen LogP contribution < -0.4 is 19.8 Å². The summed E-state index contributed by atoms with van der Waals surface area (Å²) in [6, 6.07) is 9.35. The second-order valence-electron chi connectivity index (χ2n) is 7.05. The number of aromatic nitrogens is 1. The molecule has 0 unspecified atom stereocenters. The molecule has 5 rings (SSSR count). The molecule has 0 fully saturated rings. The Morgan fingerprint density at radius 1 is 1.19 bits per heavy atom. The molecule has 4 aromatic rings. The first kappa shape index (κ1) is 20.5. The minimum Gasteiger partial charge on any atom is -0.493 e. The van der Waals surface area contributed by atoms with Gasteiger partial charge in [0.2, 0.25) is 5.76 Å². The molecule has 2 aromatic heterocycles. The summed E-state index contributed by atoms with van der Waals surface area (Å²) in [4.78, 5) is 32.8. The van der Waals surface area contributed by atoms with Gasteiger partial charge in [0.25, 0.3) is 5.91 Å². The molecule has 1 atom stereocenters. The van der Waals surface area contributed by atoms with Crippen LogP contribution in [-0.2, 0) is 0 Å². The van der Waals surface area contributed by atoms with Gasteiger partial charge in [-0.25, -0.2) is 4.98 Å². The summed E-state index contributed by atoms with van der Waals surface area (Å²) in [6.45, 7) is 2.35. The van der Waals surface area contributed by atoms with E-state index in [-0.39, 0.29) is 16.8 Å². The van der Waals surface area contributed by atoms with E-state index in [0.29, 0.717) is 44.8 Å². The zero-order chi connectivity index (χ0) is 22.4. The fourth-order valence-corrected chi connectivity index (χ4v) is 4.76. The van der Waals surface area contributed by atoms with Crippen molar-refractivity contribution in [2.24, 2.45) is 0 Å². The lowest BCUT2D eigenvalue weighted by molar-refractivity contribution is 0.0971. The zero-order valence-corrected chi connectivity index (χ0v) is 18.7. The molecular weight excluding hydrogens is 452 g/mol. The van der Waals surface area contributed by atoms with Gasteiger partial charge in [-0.2, -0.15) is 0 Å². The molecule has 0 saturated heterocycles. The van der Waals surface area contributed by atoms with Gasteiger partial charge >= 0.3 is 0 Å². The van der Waals surface area contributed by atoms with Gasteiger partial charge in [-0.05, 0) is 42.8 Å². The van der Waals surface area contributed by atoms with Crippen molar-refractivity contribution in [1.29, 1.82) is 0 Å². The van der Waals surface area contributed by atoms with E-state index in [0.717, 1.165) is 0 Å². The lowest BCUT2D eigenvalue weighted by Gasteiger charge is -2.23. The van der Waals surface area contributed by atoms with Crippen LogP contribution in [0.15, 0.2) is 57.2 Å². The Morgan fingerprint density at radius 2 is 2.03 bits per heavy atom. The van der Waals surface area contributed by atoms with Gasteiger partial charge in [0.05, 0.1) is 30.7 Å². The number of halogens is 1. The number of methoxy groups -OCH3 is 1. The van der Waals surface area contributed by atoms with Crippen LogP contribution in [0.4, 0.5) is 5.13 Å². The summed E-state index contributed by atoms with van der Waals surface area (Å²) >= 11 is 7.42. The summed E-state index contributed by atoms with van der Waals surface area (Å²) in [5, 5.41) is 2.95. The molecule has 0 radical (unpaired) electrons. The summed E-state index contributed by atoms with van der Waals surface area (Å²) < 4.78 is 17.0. The summed E-state index contributed by atoms with van der Waals surface area (Å²) in [6.07, 6.45) is 1.61. The molecule has 0 aliphatic carbocycles. The molecular formula is C23H17ClN2O5S. The van der Waals surface area contributed by atoms with E-state index in [2.05, 4.69) is 4.98 Å². The van der Waals surface area contributed by atoms with E-state index in [1.807, 2.05) is 13.0 Å². The molecule has 3 heterocycles. The number of amides is 1. The Morgan fingerprint density at radius 3 is 2.75 bits per heavy atom. The highest BCUT2D eigenvalue weighted by Crippen LogP contribution is 2.43. The number of ether oxygens (including phenoxy) is 2. The van der Waals surface area contributed by atoms with Crippen LogP contribution in [0.25, 0.3) is 11.0 Å². The molecule has 0 N–H and O–H groups in total. The lowest BCUT2D eigenvalue weighted by atomic mass is 9.98. The van der Waals surface area contributed by atoms with Crippen molar-refractivity contribution in [2.75, 3.05) is 18.6 Å². The maximum absolute atomic E-state index is 13.6. The smallest absolute Gasteiger partial charge is 0.297 e. The van der Waals surface area contributed by atoms with E-state index in [1.54, 1.807) is 41.9 Å². The van der Waals surface area contributed by atoms with Crippen LogP contribution in [0, 0.1) is 0 Å². The third-order valence-electron chi connectivity index (χ3n) is 5.26. The van der Waals surface area contributed by atoms with Crippen molar-refractivity contribution in [3.05, 3.63) is 80.1 Å². The van der Waals surface area contributed by atoms with E-state index in [9.17, 15) is 9.59 Å². The van der Waals surface area contributed by atoms with Crippen molar-refractivity contribution >= 4 is 44.9 Å². The lowest BCUT2D eigenvalue weighted by Crippen LogP contribution is -2.29. The number of hydrogen-bond donors (Lipinski definition) is 0. The Balaban J connectivity index is 1.78. The van der Waals surface area contributed by atoms with Crippen LogP contribution >= 0.6 is 22.9 Å². The number of benzene rings is 2. The van der Waals surface area contributed by atoms with Crippen LogP contribution in [0.3, 0.4) is 0 Å². The minimum atomic E-state index is -0.743. The molecule has 2 aromatic carbocycles. The fraction of sp³-hybridized carbons (Fsp3) is 0.174. The molecule has 0 bridgehead atoms. The van der Waals surface area contributed by atoms with Gasteiger partial charge in [-0.15, -0.1) is 11.3 Å². The predicted molar refractivity (Wildman–Crippen MR) is 122 cm³/mol. The van der Waals surface area contributed by atoms with E-state index in [4.69, 9.17) is 25.5 Å². The first-order chi connectivity index (χ1) is 15.5. The quantitative estimate of drug-likeness (QED) is 0.407. The number of thiazole rings is 1. The number of hydrogen-bond acceptors (Lipinski definition) is 7. The Hall–Kier alpha value is -3.36. The maximum Gasteiger partial charge on any atom is 0.297 e. The second kappa shape index (κ2) is 7.96. The molecule has 0 spiro atoms. The fourth-order valence-electron chi connectivity index (χ4n) is 3.92. The van der Waals surface area contributed by atoms with Gasteiger partial charge in [0, 0.05) is 16.6 Å². The number of carbonyl (C=O) groups excluding carboxylic acids is 1. The van der Waals surface area contributed by atoms with Crippen LogP contribution in [0.2, 0.25) is 5.02 Å². The molecule has 0 saturated carbocycles. The molecule has 1 aliphatic heterocycles. The molecule has 9 heteroatoms. The van der Waals surface area contributed by atoms with Crippen molar-refractivity contribution in [3.63, 3.8) is 0 Å². The van der Waals surface area contributed by atoms with Gasteiger partial charge in [-0.3, -0.25) is 14.5 Å². The highest BCUT2D eigenvalue weighted by atomic mass is 35.5. The number of nitrogens with zero attached hydrogens (tertiary/aromatic N) is 2. The van der Waals surface area contributed by atoms with Crippen molar-refractivity contribution < 1.29 is 18.7 Å². The number of carbonyl (C=O) groups is 1. The zero-order valence-electron chi connectivity index (χ0n) is 17.1. The van der Waals surface area contributed by atoms with E-state index >= 15 is 0 Å². The normalized spacial score (nSPS) is 15.3. The third-order valence-corrected chi connectivity index (χ3v) is 6.27. The first-order valence-electron chi connectivity index (χ1n) is 9.83. The average Bonchev–Trinajstić information content (AvgIpc) is 3.41. The number of fused-ring (bicyclic) bond motifs is 2. The van der Waals surface area contributed by atoms with Crippen molar-refractivity contribution in [3.8, 4) is 11.5 Å². The average molecular weight is 469 g/mol. The first-order valence-corrected chi connectivity index (χ1v) is 11.1. The van der Waals surface area contributed by atoms with Crippen LogP contribution in [-0.4, -0.2) is 24.6 Å². The SMILES string of the molecule is CCOc1ccc([C@H]2c3c(oc4ccc(Cl)cc4c3=O)C(=O)N2c2nccs2)cc1OC. The highest BCUT2D eigenvalue weighted by molar-refractivity contribution is 7.13. The molecule has 1 aliphatic rings. The largest absolute Gasteiger partial charge is 0.493 e. The topological polar surface area (TPSA) is 81.9 Å². The van der Waals surface area contributed by atoms with Crippen molar-refractivity contribution in [1.82, 2.24) is 4.98 Å². The number of anilines is 1. The Bertz CT molecular complexity index is 1400. The summed E-state index contributed by atoms with van der Waals surface area (Å²) in [5.74, 6) is 0.638. The standard InChI is InChI=1S/C23H17ClN2O5S/c1-3-30-16-6-4-12(10-17(16)29-2)19-18-20(27)14-11-13(24)5-7-15(14)31-21(18)22(28)26(19)23-25-8-9-32-23/h4-11,19H,3H2,1-2H3/t19-/m0/s1. The minimum absolute atomic E-state index is 0.00197. The highest BCUT2D eigenvalue weighted by Gasteiger charge is 2.45. The van der Waals surface area contributed by atoms with E-state index < -0.39 is 11.9 Å². The molecule has 162 valence electrons. The van der Waals surface area contributed by atoms with Gasteiger partial charge in [0.1, 0.15) is 5.58 Å². The molecule has 1 amide bonds. The Labute approximate surface area is 191 Å². The van der Waals surface area contributed by atoms with Crippen molar-refractivity contribution in [2.45, 2.75) is 13.0 Å². The van der Waals surface area contributed by atoms with Gasteiger partial charge in [0.15, 0.2) is 22.1 Å². The van der Waals surface area contributed by atoms with Crippen LogP contribution in [0.5, 0.6) is 11.5 Å². The summed E-state index contributed by atoms with van der Waals surface area (Å²) in [7, 11) is 1.54. The second-order valence-corrected chi connectivity index (χ2v) is 8.36.